The number of nitrogens with zero attached hydrogens (tertiary/aromatic N) is 1. The summed E-state index contributed by atoms with van der Waals surface area (Å²) in [5.41, 5.74) is 0. The minimum atomic E-state index is 0.743. The maximum absolute atomic E-state index is 5.00. The van der Waals surface area contributed by atoms with Gasteiger partial charge in [0, 0.05) is 17.6 Å². The molecule has 1 aromatic rings. The van der Waals surface area contributed by atoms with Gasteiger partial charge in [0.2, 0.25) is 0 Å². The van der Waals surface area contributed by atoms with E-state index in [1.807, 2.05) is 6.20 Å². The van der Waals surface area contributed by atoms with Crippen molar-refractivity contribution in [1.29, 1.82) is 0 Å². The predicted octanol–water partition coefficient (Wildman–Crippen LogP) is 2.04. The molecule has 0 atom stereocenters. The van der Waals surface area contributed by atoms with Gasteiger partial charge in [-0.05, 0) is 13.0 Å². The summed E-state index contributed by atoms with van der Waals surface area (Å²) in [6, 6.07) is 0. The molecular weight excluding hydrogens is 184 g/mol. The van der Waals surface area contributed by atoms with Gasteiger partial charge >= 0.3 is 0 Å². The van der Waals surface area contributed by atoms with Crippen LogP contribution in [0, 0.1) is 0 Å². The largest absolute Gasteiger partial charge is 0.473 e. The number of methoxy groups -OCH3 is 1. The number of hydrogen-bond acceptors (Lipinski definition) is 4. The van der Waals surface area contributed by atoms with Crippen molar-refractivity contribution in [1.82, 2.24) is 10.3 Å². The molecule has 0 saturated heterocycles. The summed E-state index contributed by atoms with van der Waals surface area (Å²) in [4.78, 5) is 5.32. The van der Waals surface area contributed by atoms with Crippen LogP contribution >= 0.6 is 11.3 Å². The number of aromatic nitrogens is 1. The first-order valence-electron chi connectivity index (χ1n) is 4.56. The van der Waals surface area contributed by atoms with Crippen LogP contribution in [0.25, 0.3) is 0 Å². The fraction of sp³-hybridized carbons (Fsp3) is 0.667. The van der Waals surface area contributed by atoms with E-state index in [4.69, 9.17) is 4.74 Å². The van der Waals surface area contributed by atoms with Crippen molar-refractivity contribution >= 4 is 11.3 Å². The molecule has 0 saturated carbocycles. The highest BCUT2D eigenvalue weighted by Crippen LogP contribution is 2.19. The lowest BCUT2D eigenvalue weighted by atomic mass is 10.3. The van der Waals surface area contributed by atoms with Crippen molar-refractivity contribution in [3.63, 3.8) is 0 Å². The first-order valence-corrected chi connectivity index (χ1v) is 5.38. The number of thiazole rings is 1. The second-order valence-electron chi connectivity index (χ2n) is 2.83. The van der Waals surface area contributed by atoms with E-state index in [1.54, 1.807) is 18.4 Å². The maximum Gasteiger partial charge on any atom is 0.273 e. The highest BCUT2D eigenvalue weighted by molar-refractivity contribution is 7.13. The molecule has 4 heteroatoms. The molecule has 0 radical (unpaired) electrons. The molecule has 0 amide bonds. The first-order chi connectivity index (χ1) is 6.36. The maximum atomic E-state index is 5.00. The molecule has 1 aromatic heterocycles. The summed E-state index contributed by atoms with van der Waals surface area (Å²) in [7, 11) is 1.65. The number of unbranched alkanes of at least 4 members (excludes halogenated alkanes) is 1. The van der Waals surface area contributed by atoms with Crippen LogP contribution in [-0.2, 0) is 6.54 Å². The Morgan fingerprint density at radius 2 is 2.46 bits per heavy atom. The van der Waals surface area contributed by atoms with Crippen molar-refractivity contribution in [2.75, 3.05) is 13.7 Å². The summed E-state index contributed by atoms with van der Waals surface area (Å²) in [6.07, 6.45) is 4.33. The second-order valence-corrected chi connectivity index (χ2v) is 3.90. The zero-order valence-electron chi connectivity index (χ0n) is 8.17. The van der Waals surface area contributed by atoms with Crippen LogP contribution in [0.4, 0.5) is 0 Å². The van der Waals surface area contributed by atoms with E-state index >= 15 is 0 Å². The molecule has 0 aliphatic heterocycles. The Kier molecular flexibility index (Phi) is 4.78. The summed E-state index contributed by atoms with van der Waals surface area (Å²) in [5.74, 6) is 0. The van der Waals surface area contributed by atoms with Crippen molar-refractivity contribution in [3.05, 3.63) is 11.1 Å². The third-order valence-electron chi connectivity index (χ3n) is 1.71. The Balaban J connectivity index is 2.20. The van der Waals surface area contributed by atoms with Crippen molar-refractivity contribution in [2.45, 2.75) is 26.3 Å². The molecule has 0 fully saturated rings. The van der Waals surface area contributed by atoms with Gasteiger partial charge in [-0.1, -0.05) is 24.7 Å². The smallest absolute Gasteiger partial charge is 0.273 e. The zero-order chi connectivity index (χ0) is 9.52. The van der Waals surface area contributed by atoms with Gasteiger partial charge in [-0.25, -0.2) is 4.98 Å². The Labute approximate surface area is 83.1 Å². The van der Waals surface area contributed by atoms with Gasteiger partial charge in [-0.3, -0.25) is 0 Å². The summed E-state index contributed by atoms with van der Waals surface area (Å²) < 4.78 is 5.00. The highest BCUT2D eigenvalue weighted by Gasteiger charge is 1.99. The molecule has 0 aliphatic carbocycles. The third-order valence-corrected chi connectivity index (χ3v) is 2.67. The van der Waals surface area contributed by atoms with Gasteiger partial charge in [0.25, 0.3) is 5.19 Å². The summed E-state index contributed by atoms with van der Waals surface area (Å²) in [5, 5.41) is 4.10. The van der Waals surface area contributed by atoms with Crippen LogP contribution in [0.15, 0.2) is 6.20 Å². The number of ether oxygens (including phenoxy) is 1. The SMILES string of the molecule is CCCCNCc1cnc(OC)s1. The summed E-state index contributed by atoms with van der Waals surface area (Å²) in [6.45, 7) is 4.18. The lowest BCUT2D eigenvalue weighted by Crippen LogP contribution is -2.13. The van der Waals surface area contributed by atoms with E-state index in [0.29, 0.717) is 0 Å². The highest BCUT2D eigenvalue weighted by atomic mass is 32.1. The molecule has 1 N–H and O–H groups in total. The summed E-state index contributed by atoms with van der Waals surface area (Å²) >= 11 is 1.60. The van der Waals surface area contributed by atoms with Gasteiger partial charge in [-0.15, -0.1) is 0 Å². The first kappa shape index (κ1) is 10.5. The molecule has 0 spiro atoms. The molecule has 3 nitrogen and oxygen atoms in total. The van der Waals surface area contributed by atoms with E-state index < -0.39 is 0 Å². The Morgan fingerprint density at radius 3 is 3.08 bits per heavy atom. The number of nitrogens with one attached hydrogen (secondary N) is 1. The molecule has 1 heterocycles. The fourth-order valence-corrected chi connectivity index (χ4v) is 1.67. The quantitative estimate of drug-likeness (QED) is 0.714. The Bertz CT molecular complexity index is 237. The number of rotatable bonds is 6. The van der Waals surface area contributed by atoms with Crippen LogP contribution < -0.4 is 10.1 Å². The van der Waals surface area contributed by atoms with Crippen LogP contribution in [0.2, 0.25) is 0 Å². The second kappa shape index (κ2) is 5.94. The standard InChI is InChI=1S/C9H16N2OS/c1-3-4-5-10-6-8-7-11-9(12-2)13-8/h7,10H,3-6H2,1-2H3. The molecule has 13 heavy (non-hydrogen) atoms. The van der Waals surface area contributed by atoms with E-state index in [0.717, 1.165) is 18.3 Å². The van der Waals surface area contributed by atoms with Gasteiger partial charge in [0.1, 0.15) is 0 Å². The Hall–Kier alpha value is -0.610. The van der Waals surface area contributed by atoms with E-state index in [-0.39, 0.29) is 0 Å². The molecule has 74 valence electrons. The van der Waals surface area contributed by atoms with Gasteiger partial charge in [0.15, 0.2) is 0 Å². The molecule has 0 bridgehead atoms. The van der Waals surface area contributed by atoms with Crippen molar-refractivity contribution in [2.24, 2.45) is 0 Å². The average molecular weight is 200 g/mol. The molecule has 0 aliphatic rings. The van der Waals surface area contributed by atoms with Crippen molar-refractivity contribution in [3.8, 4) is 5.19 Å². The van der Waals surface area contributed by atoms with Crippen LogP contribution in [0.1, 0.15) is 24.6 Å². The predicted molar refractivity (Wildman–Crippen MR) is 55.3 cm³/mol. The number of hydrogen-bond donors (Lipinski definition) is 1. The minimum Gasteiger partial charge on any atom is -0.473 e. The Morgan fingerprint density at radius 1 is 1.62 bits per heavy atom. The van der Waals surface area contributed by atoms with Crippen LogP contribution in [0.3, 0.4) is 0 Å². The van der Waals surface area contributed by atoms with Crippen molar-refractivity contribution < 1.29 is 4.74 Å². The lowest BCUT2D eigenvalue weighted by Gasteiger charge is -1.99. The van der Waals surface area contributed by atoms with E-state index in [2.05, 4.69) is 17.2 Å². The van der Waals surface area contributed by atoms with E-state index in [9.17, 15) is 0 Å². The molecule has 1 rings (SSSR count). The molecular formula is C9H16N2OS. The van der Waals surface area contributed by atoms with Gasteiger partial charge in [0.05, 0.1) is 7.11 Å². The fourth-order valence-electron chi connectivity index (χ4n) is 0.979. The topological polar surface area (TPSA) is 34.2 Å². The van der Waals surface area contributed by atoms with Gasteiger partial charge < -0.3 is 10.1 Å². The van der Waals surface area contributed by atoms with E-state index in [1.165, 1.54) is 17.7 Å². The van der Waals surface area contributed by atoms with Crippen LogP contribution in [0.5, 0.6) is 5.19 Å². The molecule has 0 aromatic carbocycles. The minimum absolute atomic E-state index is 0.743. The average Bonchev–Trinajstić information content (AvgIpc) is 2.60. The third kappa shape index (κ3) is 3.74. The zero-order valence-corrected chi connectivity index (χ0v) is 8.99. The van der Waals surface area contributed by atoms with Gasteiger partial charge in [-0.2, -0.15) is 0 Å². The monoisotopic (exact) mass is 200 g/mol. The normalized spacial score (nSPS) is 10.3. The lowest BCUT2D eigenvalue weighted by molar-refractivity contribution is 0.412. The molecule has 0 unspecified atom stereocenters. The van der Waals surface area contributed by atoms with Crippen LogP contribution in [-0.4, -0.2) is 18.6 Å².